The number of hydrogen-bond donors (Lipinski definition) is 0. The van der Waals surface area contributed by atoms with E-state index in [1.807, 2.05) is 0 Å². The second-order valence-electron chi connectivity index (χ2n) is 5.67. The first-order valence-electron chi connectivity index (χ1n) is 6.99. The zero-order valence-electron chi connectivity index (χ0n) is 11.1. The van der Waals surface area contributed by atoms with E-state index < -0.39 is 0 Å². The predicted octanol–water partition coefficient (Wildman–Crippen LogP) is 2.57. The first-order chi connectivity index (χ1) is 8.22. The van der Waals surface area contributed by atoms with Gasteiger partial charge in [0.2, 0.25) is 0 Å². The molecule has 1 saturated carbocycles. The Labute approximate surface area is 105 Å². The molecule has 0 aromatic rings. The van der Waals surface area contributed by atoms with E-state index in [1.165, 1.54) is 25.7 Å². The Morgan fingerprint density at radius 3 is 2.82 bits per heavy atom. The molecular formula is C14H24N2O. The number of likely N-dealkylation sites (tertiary alicyclic amines) is 1. The molecule has 0 aromatic heterocycles. The fraction of sp³-hybridized carbons (Fsp3) is 0.929. The van der Waals surface area contributed by atoms with Crippen LogP contribution in [-0.4, -0.2) is 36.2 Å². The van der Waals surface area contributed by atoms with Crippen LogP contribution in [0, 0.1) is 17.2 Å². The molecule has 3 heteroatoms. The van der Waals surface area contributed by atoms with Crippen LogP contribution < -0.4 is 0 Å². The molecule has 3 nitrogen and oxygen atoms in total. The summed E-state index contributed by atoms with van der Waals surface area (Å²) in [6, 6.07) is 3.23. The van der Waals surface area contributed by atoms with Crippen molar-refractivity contribution in [1.29, 1.82) is 5.26 Å². The minimum atomic E-state index is 0.166. The van der Waals surface area contributed by atoms with E-state index in [0.29, 0.717) is 18.1 Å². The highest BCUT2D eigenvalue weighted by molar-refractivity contribution is 5.00. The molecule has 3 unspecified atom stereocenters. The summed E-state index contributed by atoms with van der Waals surface area (Å²) in [5, 5.41) is 9.18. The number of rotatable bonds is 4. The van der Waals surface area contributed by atoms with Gasteiger partial charge in [-0.15, -0.1) is 0 Å². The topological polar surface area (TPSA) is 36.3 Å². The average molecular weight is 236 g/mol. The monoisotopic (exact) mass is 236 g/mol. The fourth-order valence-electron chi connectivity index (χ4n) is 3.29. The van der Waals surface area contributed by atoms with Crippen LogP contribution in [0.5, 0.6) is 0 Å². The van der Waals surface area contributed by atoms with E-state index in [4.69, 9.17) is 4.74 Å². The summed E-state index contributed by atoms with van der Waals surface area (Å²) in [6.07, 6.45) is 6.39. The van der Waals surface area contributed by atoms with Gasteiger partial charge in [0.15, 0.2) is 0 Å². The van der Waals surface area contributed by atoms with Crippen molar-refractivity contribution in [3.8, 4) is 6.07 Å². The molecule has 2 fully saturated rings. The standard InChI is InChI=1S/C14H24N2O/c1-11(2)17-10-12-5-3-7-14(12)16-8-4-6-13(16)9-15/h11-14H,3-8,10H2,1-2H3. The van der Waals surface area contributed by atoms with E-state index in [1.54, 1.807) is 0 Å². The van der Waals surface area contributed by atoms with E-state index >= 15 is 0 Å². The summed E-state index contributed by atoms with van der Waals surface area (Å²) in [7, 11) is 0. The maximum absolute atomic E-state index is 9.18. The van der Waals surface area contributed by atoms with Gasteiger partial charge in [-0.1, -0.05) is 6.42 Å². The molecule has 1 aliphatic heterocycles. The van der Waals surface area contributed by atoms with Crippen molar-refractivity contribution in [2.45, 2.75) is 64.1 Å². The van der Waals surface area contributed by atoms with Crippen molar-refractivity contribution in [1.82, 2.24) is 4.90 Å². The highest BCUT2D eigenvalue weighted by Crippen LogP contribution is 2.34. The van der Waals surface area contributed by atoms with Gasteiger partial charge in [0.05, 0.1) is 24.8 Å². The van der Waals surface area contributed by atoms with Crippen LogP contribution in [0.4, 0.5) is 0 Å². The van der Waals surface area contributed by atoms with Crippen LogP contribution in [-0.2, 0) is 4.74 Å². The minimum absolute atomic E-state index is 0.166. The number of nitrogens with zero attached hydrogens (tertiary/aromatic N) is 2. The normalized spacial score (nSPS) is 34.4. The summed E-state index contributed by atoms with van der Waals surface area (Å²) < 4.78 is 5.77. The SMILES string of the molecule is CC(C)OCC1CCCC1N1CCCC1C#N. The summed E-state index contributed by atoms with van der Waals surface area (Å²) in [5.74, 6) is 0.645. The van der Waals surface area contributed by atoms with Gasteiger partial charge in [-0.05, 0) is 52.0 Å². The second kappa shape index (κ2) is 5.84. The minimum Gasteiger partial charge on any atom is -0.378 e. The van der Waals surface area contributed by atoms with Gasteiger partial charge in [-0.3, -0.25) is 4.90 Å². The Kier molecular flexibility index (Phi) is 4.42. The van der Waals surface area contributed by atoms with Crippen LogP contribution in [0.3, 0.4) is 0 Å². The lowest BCUT2D eigenvalue weighted by Crippen LogP contribution is -2.42. The molecule has 2 aliphatic rings. The zero-order valence-corrected chi connectivity index (χ0v) is 11.1. The lowest BCUT2D eigenvalue weighted by Gasteiger charge is -2.31. The lowest BCUT2D eigenvalue weighted by molar-refractivity contribution is 0.0278. The van der Waals surface area contributed by atoms with Gasteiger partial charge in [0.25, 0.3) is 0 Å². The number of hydrogen-bond acceptors (Lipinski definition) is 3. The molecule has 0 N–H and O–H groups in total. The average Bonchev–Trinajstić information content (AvgIpc) is 2.93. The maximum atomic E-state index is 9.18. The van der Waals surface area contributed by atoms with Crippen molar-refractivity contribution in [3.05, 3.63) is 0 Å². The maximum Gasteiger partial charge on any atom is 0.0980 e. The summed E-state index contributed by atoms with van der Waals surface area (Å²) >= 11 is 0. The van der Waals surface area contributed by atoms with Gasteiger partial charge >= 0.3 is 0 Å². The zero-order chi connectivity index (χ0) is 12.3. The third-order valence-electron chi connectivity index (χ3n) is 4.13. The predicted molar refractivity (Wildman–Crippen MR) is 67.6 cm³/mol. The summed E-state index contributed by atoms with van der Waals surface area (Å²) in [6.45, 7) is 6.17. The third-order valence-corrected chi connectivity index (χ3v) is 4.13. The van der Waals surface area contributed by atoms with Gasteiger partial charge in [-0.2, -0.15) is 5.26 Å². The molecule has 17 heavy (non-hydrogen) atoms. The smallest absolute Gasteiger partial charge is 0.0980 e. The molecule has 2 rings (SSSR count). The Morgan fingerprint density at radius 2 is 2.12 bits per heavy atom. The van der Waals surface area contributed by atoms with Gasteiger partial charge < -0.3 is 4.74 Å². The number of ether oxygens (including phenoxy) is 1. The summed E-state index contributed by atoms with van der Waals surface area (Å²) in [5.41, 5.74) is 0. The molecule has 0 aromatic carbocycles. The number of nitriles is 1. The Balaban J connectivity index is 1.92. The molecule has 1 saturated heterocycles. The summed E-state index contributed by atoms with van der Waals surface area (Å²) in [4.78, 5) is 2.45. The van der Waals surface area contributed by atoms with E-state index in [2.05, 4.69) is 24.8 Å². The van der Waals surface area contributed by atoms with Gasteiger partial charge in [0.1, 0.15) is 0 Å². The molecule has 0 radical (unpaired) electrons. The molecule has 0 bridgehead atoms. The van der Waals surface area contributed by atoms with Crippen LogP contribution in [0.25, 0.3) is 0 Å². The molecule has 1 heterocycles. The molecular weight excluding hydrogens is 212 g/mol. The van der Waals surface area contributed by atoms with Crippen LogP contribution in [0.2, 0.25) is 0 Å². The molecule has 3 atom stereocenters. The van der Waals surface area contributed by atoms with Crippen molar-refractivity contribution < 1.29 is 4.74 Å². The largest absolute Gasteiger partial charge is 0.378 e. The lowest BCUT2D eigenvalue weighted by atomic mass is 10.0. The molecule has 0 amide bonds. The van der Waals surface area contributed by atoms with Crippen LogP contribution >= 0.6 is 0 Å². The quantitative estimate of drug-likeness (QED) is 0.752. The van der Waals surface area contributed by atoms with Gasteiger partial charge in [-0.25, -0.2) is 0 Å². The Bertz CT molecular complexity index is 284. The highest BCUT2D eigenvalue weighted by atomic mass is 16.5. The van der Waals surface area contributed by atoms with E-state index in [9.17, 15) is 5.26 Å². The third kappa shape index (κ3) is 3.00. The van der Waals surface area contributed by atoms with Crippen molar-refractivity contribution in [2.75, 3.05) is 13.2 Å². The highest BCUT2D eigenvalue weighted by Gasteiger charge is 2.37. The Morgan fingerprint density at radius 1 is 1.29 bits per heavy atom. The van der Waals surface area contributed by atoms with Crippen molar-refractivity contribution in [2.24, 2.45) is 5.92 Å². The molecule has 0 spiro atoms. The molecule has 1 aliphatic carbocycles. The van der Waals surface area contributed by atoms with Gasteiger partial charge in [0, 0.05) is 6.04 Å². The van der Waals surface area contributed by atoms with Crippen LogP contribution in [0.15, 0.2) is 0 Å². The first-order valence-corrected chi connectivity index (χ1v) is 6.99. The first kappa shape index (κ1) is 12.9. The molecule has 96 valence electrons. The van der Waals surface area contributed by atoms with E-state index in [-0.39, 0.29) is 6.04 Å². The van der Waals surface area contributed by atoms with Crippen molar-refractivity contribution in [3.63, 3.8) is 0 Å². The fourth-order valence-corrected chi connectivity index (χ4v) is 3.29. The Hall–Kier alpha value is -0.590. The van der Waals surface area contributed by atoms with E-state index in [0.717, 1.165) is 19.6 Å². The van der Waals surface area contributed by atoms with Crippen molar-refractivity contribution >= 4 is 0 Å². The van der Waals surface area contributed by atoms with Crippen LogP contribution in [0.1, 0.15) is 46.0 Å². The second-order valence-corrected chi connectivity index (χ2v) is 5.67.